The molecule has 1 unspecified atom stereocenters. The average molecular weight is 196 g/mol. The standard InChI is InChI=1S/C11H20N2O/c1-7(11(3,4)5)6-9-8(2)10(12)13-14-9/h7H,6H2,1-5H3,(H2,12,13). The Kier molecular flexibility index (Phi) is 2.88. The van der Waals surface area contributed by atoms with E-state index in [1.54, 1.807) is 0 Å². The molecular formula is C11H20N2O. The minimum atomic E-state index is 0.286. The maximum Gasteiger partial charge on any atom is 0.169 e. The fourth-order valence-electron chi connectivity index (χ4n) is 1.16. The number of aromatic nitrogens is 1. The van der Waals surface area contributed by atoms with Crippen LogP contribution in [0.25, 0.3) is 0 Å². The lowest BCUT2D eigenvalue weighted by molar-refractivity contribution is 0.239. The molecule has 0 aromatic carbocycles. The second-order valence-electron chi connectivity index (χ2n) is 5.09. The number of nitrogens with two attached hydrogens (primary N) is 1. The third-order valence-electron chi connectivity index (χ3n) is 3.03. The highest BCUT2D eigenvalue weighted by molar-refractivity contribution is 5.38. The van der Waals surface area contributed by atoms with Gasteiger partial charge in [0.05, 0.1) is 0 Å². The number of rotatable bonds is 2. The van der Waals surface area contributed by atoms with Gasteiger partial charge in [-0.25, -0.2) is 0 Å². The molecule has 0 saturated carbocycles. The second kappa shape index (κ2) is 3.64. The van der Waals surface area contributed by atoms with E-state index in [0.717, 1.165) is 17.7 Å². The van der Waals surface area contributed by atoms with E-state index in [4.69, 9.17) is 10.3 Å². The molecule has 3 nitrogen and oxygen atoms in total. The first-order valence-electron chi connectivity index (χ1n) is 5.03. The molecule has 0 spiro atoms. The van der Waals surface area contributed by atoms with Crippen LogP contribution in [0.4, 0.5) is 5.82 Å². The molecular weight excluding hydrogens is 176 g/mol. The van der Waals surface area contributed by atoms with Crippen molar-refractivity contribution in [2.45, 2.75) is 41.0 Å². The Morgan fingerprint density at radius 3 is 2.36 bits per heavy atom. The van der Waals surface area contributed by atoms with Crippen LogP contribution in [-0.4, -0.2) is 5.16 Å². The maximum absolute atomic E-state index is 5.62. The van der Waals surface area contributed by atoms with Crippen molar-refractivity contribution < 1.29 is 4.52 Å². The molecule has 0 bridgehead atoms. The van der Waals surface area contributed by atoms with Gasteiger partial charge in [0.2, 0.25) is 0 Å². The van der Waals surface area contributed by atoms with E-state index >= 15 is 0 Å². The van der Waals surface area contributed by atoms with E-state index in [0.29, 0.717) is 11.7 Å². The highest BCUT2D eigenvalue weighted by atomic mass is 16.5. The van der Waals surface area contributed by atoms with Crippen molar-refractivity contribution in [1.29, 1.82) is 0 Å². The van der Waals surface area contributed by atoms with E-state index in [-0.39, 0.29) is 5.41 Å². The van der Waals surface area contributed by atoms with Gasteiger partial charge in [-0.2, -0.15) is 0 Å². The Bertz CT molecular complexity index is 310. The topological polar surface area (TPSA) is 52.0 Å². The zero-order valence-corrected chi connectivity index (χ0v) is 9.72. The van der Waals surface area contributed by atoms with E-state index in [2.05, 4.69) is 32.9 Å². The summed E-state index contributed by atoms with van der Waals surface area (Å²) in [6.45, 7) is 10.9. The Balaban J connectivity index is 2.75. The Morgan fingerprint density at radius 2 is 2.00 bits per heavy atom. The number of hydrogen-bond donors (Lipinski definition) is 1. The Hall–Kier alpha value is -0.990. The molecule has 1 aromatic heterocycles. The molecule has 0 amide bonds. The molecule has 0 radical (unpaired) electrons. The summed E-state index contributed by atoms with van der Waals surface area (Å²) in [5, 5.41) is 3.75. The molecule has 3 heteroatoms. The van der Waals surface area contributed by atoms with E-state index in [1.807, 2.05) is 6.92 Å². The SMILES string of the molecule is Cc1c(N)noc1CC(C)C(C)(C)C. The largest absolute Gasteiger partial charge is 0.381 e. The van der Waals surface area contributed by atoms with Gasteiger partial charge in [0.1, 0.15) is 5.76 Å². The van der Waals surface area contributed by atoms with Crippen LogP contribution in [0.15, 0.2) is 4.52 Å². The summed E-state index contributed by atoms with van der Waals surface area (Å²) in [4.78, 5) is 0. The molecule has 80 valence electrons. The van der Waals surface area contributed by atoms with E-state index in [1.165, 1.54) is 0 Å². The molecule has 0 fully saturated rings. The third-order valence-corrected chi connectivity index (χ3v) is 3.03. The number of hydrogen-bond acceptors (Lipinski definition) is 3. The van der Waals surface area contributed by atoms with Gasteiger partial charge >= 0.3 is 0 Å². The predicted octanol–water partition coefficient (Wildman–Crippen LogP) is 2.79. The van der Waals surface area contributed by atoms with Gasteiger partial charge in [0, 0.05) is 12.0 Å². The van der Waals surface area contributed by atoms with Gasteiger partial charge in [0.15, 0.2) is 5.82 Å². The minimum Gasteiger partial charge on any atom is -0.381 e. The molecule has 2 N–H and O–H groups in total. The number of nitrogen functional groups attached to an aromatic ring is 1. The van der Waals surface area contributed by atoms with Crippen LogP contribution < -0.4 is 5.73 Å². The van der Waals surface area contributed by atoms with Crippen LogP contribution in [0.2, 0.25) is 0 Å². The highest BCUT2D eigenvalue weighted by Crippen LogP contribution is 2.30. The summed E-state index contributed by atoms with van der Waals surface area (Å²) in [6.07, 6.45) is 0.902. The van der Waals surface area contributed by atoms with Crippen LogP contribution in [0.5, 0.6) is 0 Å². The number of anilines is 1. The lowest BCUT2D eigenvalue weighted by Gasteiger charge is -2.26. The fraction of sp³-hybridized carbons (Fsp3) is 0.727. The predicted molar refractivity (Wildman–Crippen MR) is 58.0 cm³/mol. The Labute approximate surface area is 85.7 Å². The van der Waals surface area contributed by atoms with Crippen LogP contribution in [0, 0.1) is 18.3 Å². The van der Waals surface area contributed by atoms with Crippen molar-refractivity contribution in [2.24, 2.45) is 11.3 Å². The molecule has 14 heavy (non-hydrogen) atoms. The van der Waals surface area contributed by atoms with Crippen LogP contribution in [0.1, 0.15) is 39.0 Å². The van der Waals surface area contributed by atoms with Crippen molar-refractivity contribution in [3.05, 3.63) is 11.3 Å². The molecule has 1 rings (SSSR count). The lowest BCUT2D eigenvalue weighted by Crippen LogP contribution is -2.19. The summed E-state index contributed by atoms with van der Waals surface area (Å²) in [7, 11) is 0. The number of nitrogens with zero attached hydrogens (tertiary/aromatic N) is 1. The summed E-state index contributed by atoms with van der Waals surface area (Å²) >= 11 is 0. The molecule has 1 aromatic rings. The van der Waals surface area contributed by atoms with Gasteiger partial charge in [-0.05, 0) is 18.3 Å². The van der Waals surface area contributed by atoms with Gasteiger partial charge < -0.3 is 10.3 Å². The summed E-state index contributed by atoms with van der Waals surface area (Å²) < 4.78 is 5.19. The van der Waals surface area contributed by atoms with E-state index < -0.39 is 0 Å². The minimum absolute atomic E-state index is 0.286. The molecule has 0 aliphatic carbocycles. The summed E-state index contributed by atoms with van der Waals surface area (Å²) in [5.74, 6) is 1.99. The summed E-state index contributed by atoms with van der Waals surface area (Å²) in [6, 6.07) is 0. The van der Waals surface area contributed by atoms with Gasteiger partial charge in [-0.1, -0.05) is 32.9 Å². The lowest BCUT2D eigenvalue weighted by atomic mass is 9.79. The van der Waals surface area contributed by atoms with Crippen molar-refractivity contribution in [3.63, 3.8) is 0 Å². The van der Waals surface area contributed by atoms with Crippen molar-refractivity contribution >= 4 is 5.82 Å². The first-order chi connectivity index (χ1) is 6.32. The van der Waals surface area contributed by atoms with Crippen LogP contribution in [0.3, 0.4) is 0 Å². The molecule has 1 heterocycles. The fourth-order valence-corrected chi connectivity index (χ4v) is 1.16. The van der Waals surface area contributed by atoms with Crippen LogP contribution >= 0.6 is 0 Å². The molecule has 0 aliphatic rings. The van der Waals surface area contributed by atoms with Crippen LogP contribution in [-0.2, 0) is 6.42 Å². The zero-order valence-electron chi connectivity index (χ0n) is 9.72. The molecule has 0 saturated heterocycles. The van der Waals surface area contributed by atoms with E-state index in [9.17, 15) is 0 Å². The zero-order chi connectivity index (χ0) is 10.9. The first kappa shape index (κ1) is 11.1. The molecule has 1 atom stereocenters. The van der Waals surface area contributed by atoms with Crippen molar-refractivity contribution in [3.8, 4) is 0 Å². The maximum atomic E-state index is 5.62. The van der Waals surface area contributed by atoms with Gasteiger partial charge in [-0.3, -0.25) is 0 Å². The normalized spacial score (nSPS) is 14.4. The quantitative estimate of drug-likeness (QED) is 0.791. The third kappa shape index (κ3) is 2.28. The monoisotopic (exact) mass is 196 g/mol. The molecule has 0 aliphatic heterocycles. The van der Waals surface area contributed by atoms with Crippen molar-refractivity contribution in [2.75, 3.05) is 5.73 Å². The smallest absolute Gasteiger partial charge is 0.169 e. The Morgan fingerprint density at radius 1 is 1.43 bits per heavy atom. The first-order valence-corrected chi connectivity index (χ1v) is 5.03. The highest BCUT2D eigenvalue weighted by Gasteiger charge is 2.23. The second-order valence-corrected chi connectivity index (χ2v) is 5.09. The average Bonchev–Trinajstić information content (AvgIpc) is 2.34. The van der Waals surface area contributed by atoms with Gasteiger partial charge in [0.25, 0.3) is 0 Å². The summed E-state index contributed by atoms with van der Waals surface area (Å²) in [5.41, 5.74) is 6.89. The van der Waals surface area contributed by atoms with Crippen molar-refractivity contribution in [1.82, 2.24) is 5.16 Å². The van der Waals surface area contributed by atoms with Gasteiger partial charge in [-0.15, -0.1) is 0 Å².